The zero-order valence-corrected chi connectivity index (χ0v) is 20.5. The van der Waals surface area contributed by atoms with Crippen molar-refractivity contribution in [2.75, 3.05) is 50.8 Å². The van der Waals surface area contributed by atoms with Gasteiger partial charge in [-0.05, 0) is 43.2 Å². The highest BCUT2D eigenvalue weighted by molar-refractivity contribution is 7.22. The van der Waals surface area contributed by atoms with Crippen molar-refractivity contribution in [3.8, 4) is 11.5 Å². The highest BCUT2D eigenvalue weighted by Crippen LogP contribution is 2.32. The van der Waals surface area contributed by atoms with E-state index in [-0.39, 0.29) is 24.9 Å². The lowest BCUT2D eigenvalue weighted by Gasteiger charge is -2.34. The molecule has 1 N–H and O–H groups in total. The summed E-state index contributed by atoms with van der Waals surface area (Å²) in [5.41, 5.74) is 3.69. The Labute approximate surface area is 204 Å². The molecule has 1 amide bonds. The highest BCUT2D eigenvalue weighted by atomic mass is 35.5. The van der Waals surface area contributed by atoms with Crippen LogP contribution in [-0.2, 0) is 4.79 Å². The number of hydrogen-bond donors (Lipinski definition) is 1. The fourth-order valence-electron chi connectivity index (χ4n) is 4.11. The molecule has 0 radical (unpaired) electrons. The summed E-state index contributed by atoms with van der Waals surface area (Å²) in [5, 5.41) is 4.10. The Morgan fingerprint density at radius 3 is 2.67 bits per heavy atom. The Morgan fingerprint density at radius 2 is 1.88 bits per heavy atom. The van der Waals surface area contributed by atoms with E-state index in [1.807, 2.05) is 24.3 Å². The summed E-state index contributed by atoms with van der Waals surface area (Å²) in [6.07, 6.45) is -0.604. The zero-order chi connectivity index (χ0) is 22.1. The number of halogens is 1. The van der Waals surface area contributed by atoms with Gasteiger partial charge in [-0.2, -0.15) is 0 Å². The molecule has 2 aliphatic heterocycles. The molecule has 2 aromatic carbocycles. The van der Waals surface area contributed by atoms with E-state index in [0.717, 1.165) is 43.4 Å². The predicted molar refractivity (Wildman–Crippen MR) is 134 cm³/mol. The highest BCUT2D eigenvalue weighted by Gasteiger charge is 2.27. The second-order valence-electron chi connectivity index (χ2n) is 8.33. The van der Waals surface area contributed by atoms with Crippen molar-refractivity contribution in [3.05, 3.63) is 47.5 Å². The molecule has 7 nitrogen and oxygen atoms in total. The summed E-state index contributed by atoms with van der Waals surface area (Å²) in [5.74, 6) is 1.18. The van der Waals surface area contributed by atoms with Crippen LogP contribution in [0.5, 0.6) is 11.5 Å². The van der Waals surface area contributed by atoms with Gasteiger partial charge in [-0.3, -0.25) is 9.69 Å². The predicted octanol–water partition coefficient (Wildman–Crippen LogP) is 3.41. The van der Waals surface area contributed by atoms with Gasteiger partial charge in [-0.15, -0.1) is 12.4 Å². The molecule has 1 fully saturated rings. The number of para-hydroxylation sites is 2. The van der Waals surface area contributed by atoms with Crippen LogP contribution < -0.4 is 19.7 Å². The van der Waals surface area contributed by atoms with Crippen LogP contribution in [0.3, 0.4) is 0 Å². The normalized spacial score (nSPS) is 18.1. The van der Waals surface area contributed by atoms with E-state index >= 15 is 0 Å². The Morgan fingerprint density at radius 1 is 1.12 bits per heavy atom. The second kappa shape index (κ2) is 10.2. The fraction of sp³-hybridized carbons (Fsp3) is 0.417. The number of aryl methyl sites for hydroxylation is 2. The van der Waals surface area contributed by atoms with Gasteiger partial charge in [0.25, 0.3) is 5.91 Å². The summed E-state index contributed by atoms with van der Waals surface area (Å²) in [4.78, 5) is 22.1. The van der Waals surface area contributed by atoms with Crippen LogP contribution in [0.15, 0.2) is 36.4 Å². The molecule has 9 heteroatoms. The molecule has 0 aliphatic carbocycles. The molecule has 5 rings (SSSR count). The molecule has 0 bridgehead atoms. The number of thiazole rings is 1. The third kappa shape index (κ3) is 5.03. The van der Waals surface area contributed by atoms with Gasteiger partial charge in [0.05, 0.1) is 10.2 Å². The minimum Gasteiger partial charge on any atom is -0.485 e. The molecule has 3 aromatic rings. The number of nitrogens with zero attached hydrogens (tertiary/aromatic N) is 3. The van der Waals surface area contributed by atoms with E-state index in [2.05, 4.69) is 41.1 Å². The monoisotopic (exact) mass is 488 g/mol. The number of rotatable bonds is 5. The number of ether oxygens (including phenoxy) is 2. The zero-order valence-electron chi connectivity index (χ0n) is 18.9. The van der Waals surface area contributed by atoms with Crippen LogP contribution in [0.4, 0.5) is 5.13 Å². The minimum atomic E-state index is -0.604. The molecule has 0 spiro atoms. The van der Waals surface area contributed by atoms with Gasteiger partial charge < -0.3 is 19.7 Å². The van der Waals surface area contributed by atoms with Crippen molar-refractivity contribution in [1.29, 1.82) is 0 Å². The van der Waals surface area contributed by atoms with E-state index in [0.29, 0.717) is 18.0 Å². The number of carbonyl (C=O) groups is 1. The number of piperazine rings is 1. The van der Waals surface area contributed by atoms with Crippen LogP contribution >= 0.6 is 23.7 Å². The third-order valence-corrected chi connectivity index (χ3v) is 7.33. The fourth-order valence-corrected chi connectivity index (χ4v) is 5.19. The minimum absolute atomic E-state index is 0. The molecule has 1 saturated heterocycles. The largest absolute Gasteiger partial charge is 0.485 e. The van der Waals surface area contributed by atoms with Gasteiger partial charge in [0.2, 0.25) is 6.10 Å². The number of anilines is 1. The van der Waals surface area contributed by atoms with E-state index in [9.17, 15) is 4.79 Å². The lowest BCUT2D eigenvalue weighted by atomic mass is 10.1. The summed E-state index contributed by atoms with van der Waals surface area (Å²) < 4.78 is 12.7. The smallest absolute Gasteiger partial charge is 0.264 e. The van der Waals surface area contributed by atoms with Gasteiger partial charge >= 0.3 is 0 Å². The summed E-state index contributed by atoms with van der Waals surface area (Å²) in [6, 6.07) is 11.8. The summed E-state index contributed by atoms with van der Waals surface area (Å²) in [7, 11) is 0. The van der Waals surface area contributed by atoms with Crippen molar-refractivity contribution in [3.63, 3.8) is 0 Å². The molecular formula is C24H29ClN4O3S. The Bertz CT molecular complexity index is 1130. The van der Waals surface area contributed by atoms with Crippen LogP contribution in [-0.4, -0.2) is 67.8 Å². The lowest BCUT2D eigenvalue weighted by Crippen LogP contribution is -2.50. The first-order chi connectivity index (χ1) is 15.6. The van der Waals surface area contributed by atoms with E-state index in [1.54, 1.807) is 11.3 Å². The average Bonchev–Trinajstić information content (AvgIpc) is 3.27. The number of benzene rings is 2. The first-order valence-electron chi connectivity index (χ1n) is 11.1. The number of hydrogen-bond acceptors (Lipinski definition) is 7. The quantitative estimate of drug-likeness (QED) is 0.593. The number of nitrogens with one attached hydrogen (secondary N) is 1. The standard InChI is InChI=1S/C24H28N4O3S.ClH/c1-16-7-8-21-22(17(16)2)26-24(32-21)28-13-11-27(12-14-28)10-9-25-23(29)20-15-30-18-5-3-4-6-19(18)31-20;/h3-8,20H,9-15H2,1-2H3,(H,25,29);1H. The molecule has 2 aliphatic rings. The Kier molecular flexibility index (Phi) is 7.26. The van der Waals surface area contributed by atoms with Crippen LogP contribution in [0.2, 0.25) is 0 Å². The molecule has 1 unspecified atom stereocenters. The van der Waals surface area contributed by atoms with Crippen molar-refractivity contribution in [2.24, 2.45) is 0 Å². The Hall–Kier alpha value is -2.55. The van der Waals surface area contributed by atoms with E-state index in [1.165, 1.54) is 15.8 Å². The number of amides is 1. The van der Waals surface area contributed by atoms with Gasteiger partial charge in [-0.1, -0.05) is 29.5 Å². The van der Waals surface area contributed by atoms with E-state index in [4.69, 9.17) is 14.5 Å². The summed E-state index contributed by atoms with van der Waals surface area (Å²) in [6.45, 7) is 9.75. The summed E-state index contributed by atoms with van der Waals surface area (Å²) >= 11 is 1.77. The lowest BCUT2D eigenvalue weighted by molar-refractivity contribution is -0.130. The number of fused-ring (bicyclic) bond motifs is 2. The van der Waals surface area contributed by atoms with Crippen LogP contribution in [0.25, 0.3) is 10.2 Å². The first kappa shape index (κ1) is 23.6. The van der Waals surface area contributed by atoms with E-state index < -0.39 is 6.10 Å². The van der Waals surface area contributed by atoms with Crippen LogP contribution in [0, 0.1) is 13.8 Å². The maximum absolute atomic E-state index is 12.5. The molecule has 176 valence electrons. The molecule has 0 saturated carbocycles. The number of carbonyl (C=O) groups excluding carboxylic acids is 1. The van der Waals surface area contributed by atoms with Gasteiger partial charge in [-0.25, -0.2) is 4.98 Å². The van der Waals surface area contributed by atoms with Crippen molar-refractivity contribution in [2.45, 2.75) is 20.0 Å². The molecule has 3 heterocycles. The van der Waals surface area contributed by atoms with Gasteiger partial charge in [0.1, 0.15) is 6.61 Å². The second-order valence-corrected chi connectivity index (χ2v) is 9.34. The topological polar surface area (TPSA) is 66.9 Å². The van der Waals surface area contributed by atoms with Crippen molar-refractivity contribution >= 4 is 45.0 Å². The molecule has 1 atom stereocenters. The first-order valence-corrected chi connectivity index (χ1v) is 11.9. The SMILES string of the molecule is Cc1ccc2sc(N3CCN(CCNC(=O)C4COc5ccccc5O4)CC3)nc2c1C.Cl. The number of aromatic nitrogens is 1. The maximum Gasteiger partial charge on any atom is 0.264 e. The van der Waals surface area contributed by atoms with Crippen molar-refractivity contribution < 1.29 is 14.3 Å². The van der Waals surface area contributed by atoms with Crippen LogP contribution in [0.1, 0.15) is 11.1 Å². The van der Waals surface area contributed by atoms with Gasteiger partial charge in [0.15, 0.2) is 16.6 Å². The average molecular weight is 489 g/mol. The molecular weight excluding hydrogens is 460 g/mol. The third-order valence-electron chi connectivity index (χ3n) is 6.24. The van der Waals surface area contributed by atoms with Gasteiger partial charge in [0, 0.05) is 39.3 Å². The Balaban J connectivity index is 0.00000259. The molecule has 33 heavy (non-hydrogen) atoms. The van der Waals surface area contributed by atoms with Crippen molar-refractivity contribution in [1.82, 2.24) is 15.2 Å². The molecule has 1 aromatic heterocycles. The maximum atomic E-state index is 12.5.